The van der Waals surface area contributed by atoms with Gasteiger partial charge >= 0.3 is 15.8 Å². The van der Waals surface area contributed by atoms with Crippen molar-refractivity contribution in [2.24, 2.45) is 0 Å². The first-order valence-corrected chi connectivity index (χ1v) is 14.6. The Morgan fingerprint density at radius 2 is 1.38 bits per heavy atom. The number of hydrogen-bond acceptors (Lipinski definition) is 6. The molecule has 0 spiro atoms. The molecule has 0 aliphatic rings. The minimum atomic E-state index is -4.44. The molecule has 0 atom stereocenters. The Hall–Kier alpha value is -4.09. The lowest BCUT2D eigenvalue weighted by molar-refractivity contribution is -0.264. The maximum atomic E-state index is 13.5. The highest BCUT2D eigenvalue weighted by atomic mass is 32.2. The summed E-state index contributed by atoms with van der Waals surface area (Å²) in [7, 11) is -4.44. The Morgan fingerprint density at radius 3 is 2.00 bits per heavy atom. The first kappa shape index (κ1) is 31.1. The van der Waals surface area contributed by atoms with Crippen molar-refractivity contribution in [3.63, 3.8) is 0 Å². The van der Waals surface area contributed by atoms with E-state index in [1.807, 2.05) is 59.7 Å². The number of rotatable bonds is 7. The zero-order chi connectivity index (χ0) is 29.2. The van der Waals surface area contributed by atoms with Crippen LogP contribution in [0, 0.1) is 5.39 Å². The Bertz CT molecular complexity index is 1570. The number of nitrogens with zero attached hydrogens (tertiary/aromatic N) is 2. The van der Waals surface area contributed by atoms with E-state index in [9.17, 15) is 18.6 Å². The van der Waals surface area contributed by atoms with Gasteiger partial charge in [-0.15, -0.1) is 0 Å². The molecule has 0 heterocycles. The van der Waals surface area contributed by atoms with Crippen LogP contribution >= 0.6 is 0 Å². The molecule has 0 amide bonds. The predicted molar refractivity (Wildman–Crippen MR) is 155 cm³/mol. The molecule has 0 bridgehead atoms. The minimum Gasteiger partial charge on any atom is -0.867 e. The summed E-state index contributed by atoms with van der Waals surface area (Å²) < 4.78 is 32.7. The second kappa shape index (κ2) is 14.2. The maximum Gasteiger partial charge on any atom is 0.378 e. The number of benzene rings is 4. The summed E-state index contributed by atoms with van der Waals surface area (Å²) in [4.78, 5) is 2.66. The van der Waals surface area contributed by atoms with Gasteiger partial charge in [0.25, 0.3) is 0 Å². The quantitative estimate of drug-likeness (QED) is 0.187. The zero-order valence-corrected chi connectivity index (χ0v) is 24.2. The maximum absolute atomic E-state index is 13.5. The monoisotopic (exact) mass is 548 g/mol. The molecular weight excluding hydrogens is 512 g/mol. The van der Waals surface area contributed by atoms with Crippen molar-refractivity contribution in [1.29, 1.82) is 5.39 Å². The van der Waals surface area contributed by atoms with E-state index < -0.39 is 15.9 Å². The zero-order valence-electron chi connectivity index (χ0n) is 23.4. The first-order valence-electron chi connectivity index (χ1n) is 13.2. The summed E-state index contributed by atoms with van der Waals surface area (Å²) in [6, 6.07) is 18.1. The van der Waals surface area contributed by atoms with Crippen molar-refractivity contribution >= 4 is 26.6 Å². The van der Waals surface area contributed by atoms with Crippen molar-refractivity contribution in [1.82, 2.24) is 0 Å². The molecule has 1 N–H and O–H groups in total. The highest BCUT2D eigenvalue weighted by molar-refractivity contribution is 7.87. The number of hydrogen-bond donors (Lipinski definition) is 1. The fourth-order valence-corrected chi connectivity index (χ4v) is 5.41. The first-order chi connectivity index (χ1) is 18.8. The van der Waals surface area contributed by atoms with Gasteiger partial charge in [0, 0.05) is 23.4 Å². The number of diazo groups is 1. The van der Waals surface area contributed by atoms with Gasteiger partial charge in [-0.05, 0) is 52.8 Å². The number of aromatic hydroxyl groups is 1. The molecule has 0 aliphatic heterocycles. The highest BCUT2D eigenvalue weighted by Crippen LogP contribution is 2.38. The summed E-state index contributed by atoms with van der Waals surface area (Å²) in [6.45, 7) is 11.8. The summed E-state index contributed by atoms with van der Waals surface area (Å²) in [5.74, 6) is -0.363. The van der Waals surface area contributed by atoms with Crippen molar-refractivity contribution < 1.29 is 22.8 Å². The third-order valence-electron chi connectivity index (χ3n) is 6.03. The van der Waals surface area contributed by atoms with Crippen LogP contribution < -0.4 is 9.29 Å². The Balaban J connectivity index is 0.00000127. The average Bonchev–Trinajstić information content (AvgIpc) is 2.97. The molecule has 39 heavy (non-hydrogen) atoms. The molecule has 0 aliphatic carbocycles. The van der Waals surface area contributed by atoms with Crippen LogP contribution in [0.15, 0.2) is 71.6 Å². The molecule has 0 aromatic heterocycles. The molecule has 7 nitrogen and oxygen atoms in total. The molecule has 4 rings (SSSR count). The summed E-state index contributed by atoms with van der Waals surface area (Å²) in [6.07, 6.45) is 1.43. The van der Waals surface area contributed by atoms with Crippen LogP contribution in [0.5, 0.6) is 17.2 Å². The van der Waals surface area contributed by atoms with E-state index in [1.165, 1.54) is 24.3 Å². The van der Waals surface area contributed by atoms with E-state index in [0.29, 0.717) is 34.9 Å². The fraction of sp³-hybridized carbons (Fsp3) is 0.290. The molecule has 4 aromatic carbocycles. The second-order valence-electron chi connectivity index (χ2n) is 8.12. The van der Waals surface area contributed by atoms with Gasteiger partial charge in [0.05, 0.1) is 0 Å². The highest BCUT2D eigenvalue weighted by Gasteiger charge is 2.25. The van der Waals surface area contributed by atoms with Gasteiger partial charge in [-0.25, -0.2) is 0 Å². The van der Waals surface area contributed by atoms with E-state index in [1.54, 1.807) is 24.3 Å². The summed E-state index contributed by atoms with van der Waals surface area (Å²) in [5.41, 5.74) is 2.45. The van der Waals surface area contributed by atoms with Crippen LogP contribution in [0.3, 0.4) is 0 Å². The standard InChI is InChI=1S/C27H24N2O5S.2C2H6/c1-3-17-8-5-11-20(25(17)30)16-21-12-6-9-18(4-2)27(21)34-35(32,33)23-13-7-10-19-14-15-22(29-28)26(31)24(19)23;2*1-2/h5-15H,3-4,16H2,1-2H3,(H-,30,31);2*1-2H3. The minimum absolute atomic E-state index is 0.105. The third-order valence-corrected chi connectivity index (χ3v) is 7.30. The lowest BCUT2D eigenvalue weighted by atomic mass is 9.97. The molecule has 0 saturated heterocycles. The van der Waals surface area contributed by atoms with Gasteiger partial charge < -0.3 is 14.4 Å². The number of aryl methyl sites for hydroxylation is 2. The molecule has 0 saturated carbocycles. The predicted octanol–water partition coefficient (Wildman–Crippen LogP) is 7.64. The molecule has 0 radical (unpaired) electrons. The second-order valence-corrected chi connectivity index (χ2v) is 9.63. The average molecular weight is 549 g/mol. The fourth-order valence-electron chi connectivity index (χ4n) is 4.18. The van der Waals surface area contributed by atoms with Gasteiger partial charge in [-0.3, -0.25) is 0 Å². The molecule has 0 unspecified atom stereocenters. The number of para-hydroxylation sites is 2. The van der Waals surface area contributed by atoms with Crippen molar-refractivity contribution in [3.05, 3.63) is 94.0 Å². The van der Waals surface area contributed by atoms with Gasteiger partial charge in [-0.1, -0.05) is 90.1 Å². The SMILES string of the molecule is CC.CC.CCc1cccc(Cc2cccc(CC)c2OS(=O)(=O)c2cccc3ccc([N+]#N)c([O-])c23)c1O. The van der Waals surface area contributed by atoms with Gasteiger partial charge in [0.15, 0.2) is 4.98 Å². The van der Waals surface area contributed by atoms with Crippen LogP contribution in [0.25, 0.3) is 15.7 Å². The molecular formula is C31H36N2O5S. The van der Waals surface area contributed by atoms with Crippen LogP contribution in [0.2, 0.25) is 0 Å². The normalized spacial score (nSPS) is 10.5. The Kier molecular flexibility index (Phi) is 11.3. The van der Waals surface area contributed by atoms with E-state index >= 15 is 0 Å². The largest absolute Gasteiger partial charge is 0.867 e. The van der Waals surface area contributed by atoms with Crippen molar-refractivity contribution in [2.45, 2.75) is 65.7 Å². The van der Waals surface area contributed by atoms with Gasteiger partial charge in [0.1, 0.15) is 16.4 Å². The molecule has 0 fully saturated rings. The summed E-state index contributed by atoms with van der Waals surface area (Å²) >= 11 is 0. The smallest absolute Gasteiger partial charge is 0.378 e. The van der Waals surface area contributed by atoms with Crippen LogP contribution in [-0.2, 0) is 29.4 Å². The Morgan fingerprint density at radius 1 is 0.821 bits per heavy atom. The van der Waals surface area contributed by atoms with Crippen LogP contribution in [0.4, 0.5) is 5.69 Å². The number of phenols is 1. The lowest BCUT2D eigenvalue weighted by Gasteiger charge is -2.18. The number of fused-ring (bicyclic) bond motifs is 1. The summed E-state index contributed by atoms with van der Waals surface area (Å²) in [5, 5.41) is 32.9. The van der Waals surface area contributed by atoms with E-state index in [-0.39, 0.29) is 33.9 Å². The van der Waals surface area contributed by atoms with Crippen molar-refractivity contribution in [3.8, 4) is 17.2 Å². The van der Waals surface area contributed by atoms with E-state index in [0.717, 1.165) is 5.56 Å². The van der Waals surface area contributed by atoms with E-state index in [4.69, 9.17) is 9.58 Å². The topological polar surface area (TPSA) is 115 Å². The Labute approximate surface area is 231 Å². The molecule has 206 valence electrons. The lowest BCUT2D eigenvalue weighted by Crippen LogP contribution is -2.14. The molecule has 4 aromatic rings. The third kappa shape index (κ3) is 6.68. The van der Waals surface area contributed by atoms with Crippen LogP contribution in [0.1, 0.15) is 63.8 Å². The van der Waals surface area contributed by atoms with Gasteiger partial charge in [-0.2, -0.15) is 8.42 Å². The number of phenolic OH excluding ortho intramolecular Hbond substituents is 1. The van der Waals surface area contributed by atoms with Gasteiger partial charge in [0.2, 0.25) is 5.39 Å². The van der Waals surface area contributed by atoms with E-state index in [2.05, 4.69) is 4.98 Å². The van der Waals surface area contributed by atoms with Crippen LogP contribution in [-0.4, -0.2) is 13.5 Å². The molecule has 8 heteroatoms. The van der Waals surface area contributed by atoms with Crippen molar-refractivity contribution in [2.75, 3.05) is 0 Å².